The maximum Gasteiger partial charge on any atom is 0.573 e. The van der Waals surface area contributed by atoms with E-state index in [2.05, 4.69) is 10.1 Å². The number of hydrogen-bond acceptors (Lipinski definition) is 3. The molecule has 116 valence electrons. The van der Waals surface area contributed by atoms with E-state index in [4.69, 9.17) is 0 Å². The fourth-order valence-electron chi connectivity index (χ4n) is 2.51. The Labute approximate surface area is 119 Å². The predicted molar refractivity (Wildman–Crippen MR) is 68.8 cm³/mol. The van der Waals surface area contributed by atoms with Crippen LogP contribution in [-0.2, 0) is 0 Å². The highest BCUT2D eigenvalue weighted by molar-refractivity contribution is 5.94. The number of halogens is 3. The molecule has 1 saturated carbocycles. The van der Waals surface area contributed by atoms with Gasteiger partial charge in [0.05, 0.1) is 0 Å². The molecule has 0 spiro atoms. The molecule has 2 N–H and O–H groups in total. The second-order valence-corrected chi connectivity index (χ2v) is 5.03. The number of rotatable bonds is 4. The molecule has 1 aromatic rings. The number of nitrogens with one attached hydrogen (secondary N) is 1. The summed E-state index contributed by atoms with van der Waals surface area (Å²) in [6.07, 6.45) is -2.15. The van der Waals surface area contributed by atoms with E-state index in [1.54, 1.807) is 0 Å². The summed E-state index contributed by atoms with van der Waals surface area (Å²) in [4.78, 5) is 12.0. The molecule has 7 heteroatoms. The summed E-state index contributed by atoms with van der Waals surface area (Å²) < 4.78 is 39.8. The maximum absolute atomic E-state index is 12.0. The van der Waals surface area contributed by atoms with Gasteiger partial charge in [0.2, 0.25) is 0 Å². The Bertz CT molecular complexity index is 487. The van der Waals surface area contributed by atoms with Crippen LogP contribution < -0.4 is 10.1 Å². The fraction of sp³-hybridized carbons (Fsp3) is 0.500. The first kappa shape index (κ1) is 15.6. The Hall–Kier alpha value is -1.76. The van der Waals surface area contributed by atoms with E-state index >= 15 is 0 Å². The van der Waals surface area contributed by atoms with Crippen LogP contribution in [0.4, 0.5) is 13.2 Å². The van der Waals surface area contributed by atoms with Gasteiger partial charge in [-0.05, 0) is 37.1 Å². The molecule has 1 aliphatic rings. The summed E-state index contributed by atoms with van der Waals surface area (Å²) in [7, 11) is 0. The number of benzene rings is 1. The van der Waals surface area contributed by atoms with Crippen LogP contribution in [0.1, 0.15) is 29.6 Å². The zero-order chi connectivity index (χ0) is 15.5. The van der Waals surface area contributed by atoms with Crippen molar-refractivity contribution in [2.24, 2.45) is 5.92 Å². The molecular weight excluding hydrogens is 287 g/mol. The smallest absolute Gasteiger partial charge is 0.406 e. The maximum atomic E-state index is 12.0. The molecule has 0 radical (unpaired) electrons. The molecule has 1 amide bonds. The number of amides is 1. The highest BCUT2D eigenvalue weighted by Gasteiger charge is 2.31. The van der Waals surface area contributed by atoms with Crippen molar-refractivity contribution in [1.82, 2.24) is 5.32 Å². The van der Waals surface area contributed by atoms with E-state index in [0.29, 0.717) is 0 Å². The van der Waals surface area contributed by atoms with Gasteiger partial charge in [0.1, 0.15) is 5.75 Å². The van der Waals surface area contributed by atoms with Crippen LogP contribution in [0.15, 0.2) is 24.3 Å². The van der Waals surface area contributed by atoms with Gasteiger partial charge >= 0.3 is 6.36 Å². The molecule has 1 fully saturated rings. The van der Waals surface area contributed by atoms with Gasteiger partial charge in [-0.15, -0.1) is 13.2 Å². The molecule has 0 heterocycles. The van der Waals surface area contributed by atoms with Crippen molar-refractivity contribution >= 4 is 5.91 Å². The highest BCUT2D eigenvalue weighted by Crippen LogP contribution is 2.26. The molecule has 0 bridgehead atoms. The molecule has 2 atom stereocenters. The average Bonchev–Trinajstić information content (AvgIpc) is 2.85. The van der Waals surface area contributed by atoms with Crippen LogP contribution in [-0.4, -0.2) is 30.0 Å². The minimum absolute atomic E-state index is 0.0172. The van der Waals surface area contributed by atoms with Crippen molar-refractivity contribution in [2.45, 2.75) is 31.7 Å². The normalized spacial score (nSPS) is 22.1. The van der Waals surface area contributed by atoms with E-state index in [1.165, 1.54) is 12.1 Å². The van der Waals surface area contributed by atoms with Crippen molar-refractivity contribution in [3.8, 4) is 5.75 Å². The van der Waals surface area contributed by atoms with E-state index in [9.17, 15) is 23.1 Å². The Morgan fingerprint density at radius 1 is 1.29 bits per heavy atom. The third-order valence-electron chi connectivity index (χ3n) is 3.56. The Balaban J connectivity index is 1.97. The fourth-order valence-corrected chi connectivity index (χ4v) is 2.51. The summed E-state index contributed by atoms with van der Waals surface area (Å²) in [6.45, 7) is 0.0172. The monoisotopic (exact) mass is 303 g/mol. The summed E-state index contributed by atoms with van der Waals surface area (Å²) in [5.41, 5.74) is 0.258. The molecule has 0 aromatic heterocycles. The molecule has 1 aromatic carbocycles. The van der Waals surface area contributed by atoms with Crippen LogP contribution >= 0.6 is 0 Å². The zero-order valence-electron chi connectivity index (χ0n) is 11.2. The van der Waals surface area contributed by atoms with Crippen molar-refractivity contribution in [2.75, 3.05) is 6.61 Å². The first-order chi connectivity index (χ1) is 9.89. The molecular formula is C14H16F3NO3. The van der Waals surface area contributed by atoms with Gasteiger partial charge in [0.25, 0.3) is 5.91 Å². The third kappa shape index (κ3) is 4.35. The van der Waals surface area contributed by atoms with Gasteiger partial charge in [0.15, 0.2) is 0 Å². The third-order valence-corrected chi connectivity index (χ3v) is 3.56. The largest absolute Gasteiger partial charge is 0.573 e. The standard InChI is InChI=1S/C14H16F3NO3/c15-14(16,17)21-11-6-4-9(5-7-11)13(20)18-12-3-1-2-10(12)8-19/h4-7,10,12,19H,1-3,8H2,(H,18,20). The number of carbonyl (C=O) groups excluding carboxylic acids is 1. The summed E-state index contributed by atoms with van der Waals surface area (Å²) >= 11 is 0. The van der Waals surface area contributed by atoms with Crippen LogP contribution in [0.5, 0.6) is 5.75 Å². The number of carbonyl (C=O) groups is 1. The summed E-state index contributed by atoms with van der Waals surface area (Å²) in [5.74, 6) is -0.686. The molecule has 2 rings (SSSR count). The van der Waals surface area contributed by atoms with Gasteiger partial charge < -0.3 is 15.2 Å². The van der Waals surface area contributed by atoms with E-state index in [1.807, 2.05) is 0 Å². The van der Waals surface area contributed by atoms with Crippen molar-refractivity contribution in [1.29, 1.82) is 0 Å². The van der Waals surface area contributed by atoms with Gasteiger partial charge in [-0.25, -0.2) is 0 Å². The lowest BCUT2D eigenvalue weighted by Gasteiger charge is -2.19. The van der Waals surface area contributed by atoms with Crippen LogP contribution in [0, 0.1) is 5.92 Å². The molecule has 21 heavy (non-hydrogen) atoms. The van der Waals surface area contributed by atoms with Crippen LogP contribution in [0.3, 0.4) is 0 Å². The molecule has 0 saturated heterocycles. The lowest BCUT2D eigenvalue weighted by molar-refractivity contribution is -0.274. The average molecular weight is 303 g/mol. The lowest BCUT2D eigenvalue weighted by Crippen LogP contribution is -2.38. The lowest BCUT2D eigenvalue weighted by atomic mass is 10.0. The minimum atomic E-state index is -4.75. The molecule has 1 aliphatic carbocycles. The quantitative estimate of drug-likeness (QED) is 0.898. The first-order valence-corrected chi connectivity index (χ1v) is 6.66. The summed E-state index contributed by atoms with van der Waals surface area (Å²) in [6, 6.07) is 4.66. The number of ether oxygens (including phenoxy) is 1. The van der Waals surface area contributed by atoms with Gasteiger partial charge in [-0.3, -0.25) is 4.79 Å². The number of alkyl halides is 3. The number of aliphatic hydroxyl groups excluding tert-OH is 1. The SMILES string of the molecule is O=C(NC1CCCC1CO)c1ccc(OC(F)(F)F)cc1. The van der Waals surface area contributed by atoms with E-state index in [-0.39, 0.29) is 35.8 Å². The molecule has 0 aliphatic heterocycles. The van der Waals surface area contributed by atoms with Crippen molar-refractivity contribution in [3.05, 3.63) is 29.8 Å². The summed E-state index contributed by atoms with van der Waals surface area (Å²) in [5, 5.41) is 12.0. The topological polar surface area (TPSA) is 58.6 Å². The minimum Gasteiger partial charge on any atom is -0.406 e. The Morgan fingerprint density at radius 2 is 1.95 bits per heavy atom. The number of hydrogen-bond donors (Lipinski definition) is 2. The second kappa shape index (κ2) is 6.34. The first-order valence-electron chi connectivity index (χ1n) is 6.66. The van der Waals surface area contributed by atoms with Crippen LogP contribution in [0.2, 0.25) is 0 Å². The molecule has 2 unspecified atom stereocenters. The van der Waals surface area contributed by atoms with E-state index in [0.717, 1.165) is 31.4 Å². The van der Waals surface area contributed by atoms with Gasteiger partial charge in [-0.2, -0.15) is 0 Å². The van der Waals surface area contributed by atoms with Crippen LogP contribution in [0.25, 0.3) is 0 Å². The molecule has 4 nitrogen and oxygen atoms in total. The second-order valence-electron chi connectivity index (χ2n) is 5.03. The highest BCUT2D eigenvalue weighted by atomic mass is 19.4. The zero-order valence-corrected chi connectivity index (χ0v) is 11.2. The van der Waals surface area contributed by atoms with Crippen molar-refractivity contribution in [3.63, 3.8) is 0 Å². The predicted octanol–water partition coefficient (Wildman–Crippen LogP) is 2.48. The van der Waals surface area contributed by atoms with Gasteiger partial charge in [-0.1, -0.05) is 6.42 Å². The van der Waals surface area contributed by atoms with Crippen molar-refractivity contribution < 1.29 is 27.8 Å². The van der Waals surface area contributed by atoms with Gasteiger partial charge in [0, 0.05) is 24.1 Å². The van der Waals surface area contributed by atoms with E-state index < -0.39 is 6.36 Å². The Kier molecular flexibility index (Phi) is 4.72. The number of aliphatic hydroxyl groups is 1. The Morgan fingerprint density at radius 3 is 2.52 bits per heavy atom.